The first-order chi connectivity index (χ1) is 19.3. The fourth-order valence-corrected chi connectivity index (χ4v) is 6.36. The fourth-order valence-electron chi connectivity index (χ4n) is 5.89. The third-order valence-electron chi connectivity index (χ3n) is 8.25. The van der Waals surface area contributed by atoms with Crippen LogP contribution in [0.25, 0.3) is 11.1 Å². The van der Waals surface area contributed by atoms with Crippen molar-refractivity contribution in [1.82, 2.24) is 10.6 Å². The van der Waals surface area contributed by atoms with Crippen LogP contribution < -0.4 is 10.6 Å². The van der Waals surface area contributed by atoms with Crippen molar-refractivity contribution in [2.24, 2.45) is 11.8 Å². The van der Waals surface area contributed by atoms with Gasteiger partial charge in [-0.3, -0.25) is 4.79 Å². The molecule has 0 bridgehead atoms. The zero-order valence-corrected chi connectivity index (χ0v) is 25.8. The van der Waals surface area contributed by atoms with Crippen molar-refractivity contribution >= 4 is 23.6 Å². The highest BCUT2D eigenvalue weighted by Crippen LogP contribution is 2.30. The Balaban J connectivity index is 1.81. The molecule has 1 amide bonds. The highest BCUT2D eigenvalue weighted by Gasteiger charge is 2.23. The minimum absolute atomic E-state index is 0.338. The Labute approximate surface area is 246 Å². The smallest absolute Gasteiger partial charge is 0.326 e. The number of aryl methyl sites for hydroxylation is 1. The molecule has 0 aromatic heterocycles. The number of carboxylic acids is 1. The number of carbonyl (C=O) groups is 2. The molecule has 2 aromatic carbocycles. The molecule has 0 spiro atoms. The maximum atomic E-state index is 13.4. The average molecular weight is 567 g/mol. The van der Waals surface area contributed by atoms with Crippen LogP contribution in [0.3, 0.4) is 0 Å². The van der Waals surface area contributed by atoms with E-state index in [9.17, 15) is 14.7 Å². The van der Waals surface area contributed by atoms with Gasteiger partial charge in [-0.15, -0.1) is 0 Å². The summed E-state index contributed by atoms with van der Waals surface area (Å²) in [4.78, 5) is 25.2. The molecule has 220 valence electrons. The van der Waals surface area contributed by atoms with Crippen molar-refractivity contribution in [2.75, 3.05) is 12.0 Å². The summed E-state index contributed by atoms with van der Waals surface area (Å²) in [5, 5.41) is 16.3. The van der Waals surface area contributed by atoms with Gasteiger partial charge in [-0.25, -0.2) is 4.79 Å². The normalized spacial score (nSPS) is 15.6. The van der Waals surface area contributed by atoms with Crippen LogP contribution in [0.15, 0.2) is 42.5 Å². The van der Waals surface area contributed by atoms with Crippen LogP contribution in [0, 0.1) is 18.8 Å². The van der Waals surface area contributed by atoms with Crippen molar-refractivity contribution in [2.45, 2.75) is 104 Å². The number of rotatable bonds is 16. The Morgan fingerprint density at radius 3 is 2.42 bits per heavy atom. The summed E-state index contributed by atoms with van der Waals surface area (Å²) >= 11 is 1.58. The molecule has 1 saturated carbocycles. The molecule has 5 nitrogen and oxygen atoms in total. The molecule has 40 heavy (non-hydrogen) atoms. The summed E-state index contributed by atoms with van der Waals surface area (Å²) in [6.45, 7) is 7.41. The molecule has 0 aliphatic heterocycles. The Bertz CT molecular complexity index is 1080. The van der Waals surface area contributed by atoms with Crippen LogP contribution >= 0.6 is 11.8 Å². The van der Waals surface area contributed by atoms with Crippen LogP contribution in [0.2, 0.25) is 0 Å². The maximum Gasteiger partial charge on any atom is 0.326 e. The van der Waals surface area contributed by atoms with Gasteiger partial charge in [0.05, 0.1) is 0 Å². The molecule has 1 aliphatic carbocycles. The quantitative estimate of drug-likeness (QED) is 0.193. The fraction of sp³-hybridized carbons (Fsp3) is 0.588. The number of amides is 1. The third kappa shape index (κ3) is 10.3. The van der Waals surface area contributed by atoms with E-state index in [0.717, 1.165) is 40.6 Å². The predicted molar refractivity (Wildman–Crippen MR) is 169 cm³/mol. The highest BCUT2D eigenvalue weighted by molar-refractivity contribution is 7.98. The van der Waals surface area contributed by atoms with Gasteiger partial charge in [-0.2, -0.15) is 11.8 Å². The third-order valence-corrected chi connectivity index (χ3v) is 8.89. The molecule has 0 heterocycles. The number of hydrogen-bond donors (Lipinski definition) is 3. The summed E-state index contributed by atoms with van der Waals surface area (Å²) in [7, 11) is 0. The topological polar surface area (TPSA) is 78.4 Å². The SMILES string of the molecule is CSCC[C@H](NC(=O)c1ccc(CN[C@H](CCCC(C)C)CC2CCCCC2)cc1-c1ccccc1C)C(=O)O. The van der Waals surface area contributed by atoms with Gasteiger partial charge in [0.15, 0.2) is 0 Å². The summed E-state index contributed by atoms with van der Waals surface area (Å²) < 4.78 is 0. The second-order valence-electron chi connectivity index (χ2n) is 12.0. The van der Waals surface area contributed by atoms with Crippen molar-refractivity contribution in [3.8, 4) is 11.1 Å². The lowest BCUT2D eigenvalue weighted by molar-refractivity contribution is -0.139. The number of thioether (sulfide) groups is 1. The number of nitrogens with one attached hydrogen (secondary N) is 2. The Hall–Kier alpha value is -2.31. The number of carboxylic acid groups (broad SMARTS) is 1. The molecule has 0 saturated heterocycles. The second-order valence-corrected chi connectivity index (χ2v) is 13.0. The van der Waals surface area contributed by atoms with E-state index in [1.165, 1.54) is 57.8 Å². The lowest BCUT2D eigenvalue weighted by Crippen LogP contribution is -2.41. The highest BCUT2D eigenvalue weighted by atomic mass is 32.2. The van der Waals surface area contributed by atoms with Crippen LogP contribution in [-0.2, 0) is 11.3 Å². The second kappa shape index (κ2) is 16.8. The maximum absolute atomic E-state index is 13.4. The van der Waals surface area contributed by atoms with Crippen LogP contribution in [0.4, 0.5) is 0 Å². The first-order valence-corrected chi connectivity index (χ1v) is 16.6. The molecule has 3 rings (SSSR count). The largest absolute Gasteiger partial charge is 0.480 e. The molecule has 1 aliphatic rings. The van der Waals surface area contributed by atoms with Gasteiger partial charge >= 0.3 is 5.97 Å². The van der Waals surface area contributed by atoms with E-state index < -0.39 is 12.0 Å². The van der Waals surface area contributed by atoms with Crippen LogP contribution in [-0.4, -0.2) is 41.1 Å². The molecular weight excluding hydrogens is 516 g/mol. The van der Waals surface area contributed by atoms with E-state index in [0.29, 0.717) is 23.8 Å². The Kier molecular flexibility index (Phi) is 13.6. The van der Waals surface area contributed by atoms with Gasteiger partial charge in [0.1, 0.15) is 6.04 Å². The molecule has 2 atom stereocenters. The predicted octanol–water partition coefficient (Wildman–Crippen LogP) is 7.85. The standard InChI is InChI=1S/C34H50N2O3S/c1-24(2)11-10-15-28(21-26-13-6-5-7-14-26)35-23-27-17-18-30(31(22-27)29-16-9-8-12-25(29)3)33(37)36-32(34(38)39)19-20-40-4/h8-9,12,16-18,22,24,26,28,32,35H,5-7,10-11,13-15,19-21,23H2,1-4H3,(H,36,37)(H,38,39)/t28-,32+/m1/s1. The van der Waals surface area contributed by atoms with Crippen LogP contribution in [0.5, 0.6) is 0 Å². The minimum Gasteiger partial charge on any atom is -0.480 e. The molecule has 0 radical (unpaired) electrons. The Morgan fingerprint density at radius 2 is 1.75 bits per heavy atom. The summed E-state index contributed by atoms with van der Waals surface area (Å²) in [5.74, 6) is 0.891. The van der Waals surface area contributed by atoms with Crippen molar-refractivity contribution < 1.29 is 14.7 Å². The summed E-state index contributed by atoms with van der Waals surface area (Å²) in [6.07, 6.45) is 14.1. The molecular formula is C34H50N2O3S. The summed E-state index contributed by atoms with van der Waals surface area (Å²) in [6, 6.07) is 13.7. The van der Waals surface area contributed by atoms with Gasteiger partial charge < -0.3 is 15.7 Å². The van der Waals surface area contributed by atoms with Crippen LogP contribution in [0.1, 0.15) is 99.5 Å². The lowest BCUT2D eigenvalue weighted by Gasteiger charge is -2.28. The van der Waals surface area contributed by atoms with Crippen molar-refractivity contribution in [1.29, 1.82) is 0 Å². The molecule has 2 aromatic rings. The summed E-state index contributed by atoms with van der Waals surface area (Å²) in [5.41, 5.74) is 4.60. The molecule has 1 fully saturated rings. The van der Waals surface area contributed by atoms with E-state index in [-0.39, 0.29) is 5.91 Å². The Morgan fingerprint density at radius 1 is 1.00 bits per heavy atom. The van der Waals surface area contributed by atoms with Gasteiger partial charge in [0.25, 0.3) is 5.91 Å². The zero-order chi connectivity index (χ0) is 28.9. The van der Waals surface area contributed by atoms with E-state index in [1.807, 2.05) is 36.6 Å². The monoisotopic (exact) mass is 566 g/mol. The number of carbonyl (C=O) groups excluding carboxylic acids is 1. The molecule has 0 unspecified atom stereocenters. The minimum atomic E-state index is -0.998. The van der Waals surface area contributed by atoms with Crippen molar-refractivity contribution in [3.63, 3.8) is 0 Å². The van der Waals surface area contributed by atoms with E-state index in [2.05, 4.69) is 43.5 Å². The molecule has 3 N–H and O–H groups in total. The van der Waals surface area contributed by atoms with E-state index >= 15 is 0 Å². The van der Waals surface area contributed by atoms with E-state index in [4.69, 9.17) is 0 Å². The lowest BCUT2D eigenvalue weighted by atomic mass is 9.83. The van der Waals surface area contributed by atoms with E-state index in [1.54, 1.807) is 11.8 Å². The first-order valence-electron chi connectivity index (χ1n) is 15.2. The van der Waals surface area contributed by atoms with Gasteiger partial charge in [-0.05, 0) is 84.4 Å². The van der Waals surface area contributed by atoms with Gasteiger partial charge in [0, 0.05) is 18.2 Å². The molecule has 6 heteroatoms. The first kappa shape index (κ1) is 32.2. The van der Waals surface area contributed by atoms with Gasteiger partial charge in [-0.1, -0.05) is 89.1 Å². The number of hydrogen-bond acceptors (Lipinski definition) is 4. The average Bonchev–Trinajstić information content (AvgIpc) is 2.94. The van der Waals surface area contributed by atoms with Gasteiger partial charge in [0.2, 0.25) is 0 Å². The number of benzene rings is 2. The number of aliphatic carboxylic acids is 1. The van der Waals surface area contributed by atoms with Crippen molar-refractivity contribution in [3.05, 3.63) is 59.2 Å². The zero-order valence-electron chi connectivity index (χ0n) is 25.0.